The van der Waals surface area contributed by atoms with E-state index < -0.39 is 11.9 Å². The summed E-state index contributed by atoms with van der Waals surface area (Å²) in [6, 6.07) is 0. The van der Waals surface area contributed by atoms with Crippen LogP contribution in [0.15, 0.2) is 17.9 Å². The first-order valence-electron chi connectivity index (χ1n) is 13.6. The molecular weight excluding hydrogens is 720 g/mol. The molecule has 0 N–H and O–H groups in total. The summed E-state index contributed by atoms with van der Waals surface area (Å²) in [5.41, 5.74) is 0.355. The summed E-state index contributed by atoms with van der Waals surface area (Å²) in [6.07, 6.45) is 18.7. The lowest BCUT2D eigenvalue weighted by Gasteiger charge is -2.16. The van der Waals surface area contributed by atoms with Gasteiger partial charge in [-0.1, -0.05) is 104 Å². The number of esters is 2. The van der Waals surface area contributed by atoms with E-state index in [0.29, 0.717) is 31.1 Å². The van der Waals surface area contributed by atoms with Crippen LogP contribution in [0.2, 0.25) is 0 Å². The Morgan fingerprint density at radius 3 is 1.06 bits per heavy atom. The fourth-order valence-electron chi connectivity index (χ4n) is 3.96. The van der Waals surface area contributed by atoms with E-state index in [1.165, 1.54) is 64.2 Å². The second-order valence-corrected chi connectivity index (χ2v) is 12.4. The fraction of sp³-hybridized carbons (Fsp3) is 0.714. The van der Waals surface area contributed by atoms with E-state index in [1.54, 1.807) is 0 Å². The van der Waals surface area contributed by atoms with Crippen LogP contribution in [0.5, 0.6) is 0 Å². The topological polar surface area (TPSA) is 52.6 Å². The Morgan fingerprint density at radius 2 is 0.750 bits per heavy atom. The van der Waals surface area contributed by atoms with Crippen molar-refractivity contribution in [3.05, 3.63) is 29.0 Å². The molecule has 8 heteroatoms. The molecule has 1 rings (SSSR count). The Morgan fingerprint density at radius 1 is 0.472 bits per heavy atom. The maximum Gasteiger partial charge on any atom is 0.340 e. The minimum Gasteiger partial charge on any atom is -0.462 e. The standard InChI is InChI=1S/C28H42Br4O4/c1-3-5-7-9-11-12-13-14-16-18-20-36-28(34)22-21(23(29)25(31)26(32)24(22)30)27(33)35-19-17-15-10-8-6-4-2/h3-20H2,1-2H3. The van der Waals surface area contributed by atoms with Gasteiger partial charge in [0.15, 0.2) is 0 Å². The van der Waals surface area contributed by atoms with Gasteiger partial charge in [-0.2, -0.15) is 0 Å². The van der Waals surface area contributed by atoms with Crippen molar-refractivity contribution >= 4 is 75.7 Å². The van der Waals surface area contributed by atoms with E-state index in [0.717, 1.165) is 38.5 Å². The SMILES string of the molecule is CCCCCCCCCCCCOC(=O)c1c(Br)c(Br)c(Br)c(Br)c1C(=O)OCCCCCCCC. The molecule has 1 aromatic rings. The van der Waals surface area contributed by atoms with Crippen molar-refractivity contribution in [2.75, 3.05) is 13.2 Å². The van der Waals surface area contributed by atoms with Crippen molar-refractivity contribution in [3.8, 4) is 0 Å². The highest BCUT2D eigenvalue weighted by molar-refractivity contribution is 9.15. The molecule has 0 fully saturated rings. The highest BCUT2D eigenvalue weighted by Crippen LogP contribution is 2.42. The van der Waals surface area contributed by atoms with E-state index in [4.69, 9.17) is 9.47 Å². The zero-order valence-electron chi connectivity index (χ0n) is 21.9. The predicted octanol–water partition coefficient (Wildman–Crippen LogP) is 11.3. The van der Waals surface area contributed by atoms with E-state index in [2.05, 4.69) is 77.6 Å². The van der Waals surface area contributed by atoms with Crippen molar-refractivity contribution in [1.82, 2.24) is 0 Å². The molecule has 0 aliphatic rings. The molecule has 36 heavy (non-hydrogen) atoms. The zero-order valence-corrected chi connectivity index (χ0v) is 28.2. The maximum absolute atomic E-state index is 13.0. The first-order valence-corrected chi connectivity index (χ1v) is 16.7. The molecule has 0 spiro atoms. The summed E-state index contributed by atoms with van der Waals surface area (Å²) in [7, 11) is 0. The van der Waals surface area contributed by atoms with Gasteiger partial charge in [-0.25, -0.2) is 9.59 Å². The number of carbonyl (C=O) groups excluding carboxylic acids is 2. The monoisotopic (exact) mass is 758 g/mol. The van der Waals surface area contributed by atoms with E-state index in [9.17, 15) is 9.59 Å². The molecule has 0 bridgehead atoms. The lowest BCUT2D eigenvalue weighted by Crippen LogP contribution is -2.17. The molecule has 1 aromatic carbocycles. The van der Waals surface area contributed by atoms with Crippen LogP contribution in [0.3, 0.4) is 0 Å². The summed E-state index contributed by atoms with van der Waals surface area (Å²) >= 11 is 13.9. The Bertz CT molecular complexity index is 798. The van der Waals surface area contributed by atoms with E-state index >= 15 is 0 Å². The fourth-order valence-corrected chi connectivity index (χ4v) is 6.40. The van der Waals surface area contributed by atoms with E-state index in [1.807, 2.05) is 0 Å². The summed E-state index contributed by atoms with van der Waals surface area (Å²) in [5.74, 6) is -1.06. The quantitative estimate of drug-likeness (QED) is 0.0575. The van der Waals surface area contributed by atoms with Gasteiger partial charge in [0, 0.05) is 17.9 Å². The van der Waals surface area contributed by atoms with Gasteiger partial charge in [-0.3, -0.25) is 0 Å². The van der Waals surface area contributed by atoms with Crippen LogP contribution < -0.4 is 0 Å². The number of carbonyl (C=O) groups is 2. The largest absolute Gasteiger partial charge is 0.462 e. The molecule has 0 saturated heterocycles. The zero-order chi connectivity index (χ0) is 26.8. The Kier molecular flexibility index (Phi) is 19.9. The number of benzene rings is 1. The van der Waals surface area contributed by atoms with Crippen molar-refractivity contribution < 1.29 is 19.1 Å². The summed E-state index contributed by atoms with van der Waals surface area (Å²) < 4.78 is 13.3. The minimum atomic E-state index is -0.532. The molecule has 206 valence electrons. The molecule has 0 radical (unpaired) electrons. The third-order valence-corrected chi connectivity index (χ3v) is 10.9. The predicted molar refractivity (Wildman–Crippen MR) is 163 cm³/mol. The van der Waals surface area contributed by atoms with Crippen LogP contribution in [0, 0.1) is 0 Å². The van der Waals surface area contributed by atoms with Crippen molar-refractivity contribution in [2.24, 2.45) is 0 Å². The van der Waals surface area contributed by atoms with Gasteiger partial charge in [0.25, 0.3) is 0 Å². The molecule has 0 aliphatic carbocycles. The maximum atomic E-state index is 13.0. The second-order valence-electron chi connectivity index (χ2n) is 9.23. The van der Waals surface area contributed by atoms with Crippen LogP contribution in [0.4, 0.5) is 0 Å². The van der Waals surface area contributed by atoms with Gasteiger partial charge >= 0.3 is 11.9 Å². The molecule has 0 saturated carbocycles. The number of hydrogen-bond donors (Lipinski definition) is 0. The van der Waals surface area contributed by atoms with E-state index in [-0.39, 0.29) is 11.1 Å². The third kappa shape index (κ3) is 12.8. The van der Waals surface area contributed by atoms with Crippen LogP contribution >= 0.6 is 63.7 Å². The lowest BCUT2D eigenvalue weighted by atomic mass is 10.1. The highest BCUT2D eigenvalue weighted by Gasteiger charge is 2.29. The molecule has 0 aromatic heterocycles. The van der Waals surface area contributed by atoms with Crippen molar-refractivity contribution in [3.63, 3.8) is 0 Å². The number of unbranched alkanes of at least 4 members (excludes halogenated alkanes) is 14. The van der Waals surface area contributed by atoms with Gasteiger partial charge in [0.05, 0.1) is 24.3 Å². The van der Waals surface area contributed by atoms with Crippen LogP contribution in [0.1, 0.15) is 137 Å². The summed E-state index contributed by atoms with van der Waals surface area (Å²) in [4.78, 5) is 26.0. The first-order chi connectivity index (χ1) is 17.4. The average molecular weight is 762 g/mol. The number of rotatable bonds is 20. The summed E-state index contributed by atoms with van der Waals surface area (Å²) in [5, 5.41) is 0. The third-order valence-electron chi connectivity index (χ3n) is 6.14. The van der Waals surface area contributed by atoms with Gasteiger partial charge in [-0.15, -0.1) is 0 Å². The van der Waals surface area contributed by atoms with Crippen molar-refractivity contribution in [2.45, 2.75) is 117 Å². The molecule has 0 atom stereocenters. The number of ether oxygens (including phenoxy) is 2. The highest BCUT2D eigenvalue weighted by atomic mass is 79.9. The average Bonchev–Trinajstić information content (AvgIpc) is 2.87. The van der Waals surface area contributed by atoms with Gasteiger partial charge in [0.1, 0.15) is 0 Å². The van der Waals surface area contributed by atoms with Gasteiger partial charge in [-0.05, 0) is 76.6 Å². The number of halogens is 4. The minimum absolute atomic E-state index is 0.177. The smallest absolute Gasteiger partial charge is 0.340 e. The molecule has 4 nitrogen and oxygen atoms in total. The Balaban J connectivity index is 2.59. The van der Waals surface area contributed by atoms with Gasteiger partial charge in [0.2, 0.25) is 0 Å². The van der Waals surface area contributed by atoms with Crippen LogP contribution in [0.25, 0.3) is 0 Å². The molecular formula is C28H42Br4O4. The molecule has 0 unspecified atom stereocenters. The lowest BCUT2D eigenvalue weighted by molar-refractivity contribution is 0.0448. The molecule has 0 amide bonds. The molecule has 0 aliphatic heterocycles. The Hall–Kier alpha value is 0.0800. The van der Waals surface area contributed by atoms with Crippen molar-refractivity contribution in [1.29, 1.82) is 0 Å². The molecule has 0 heterocycles. The summed E-state index contributed by atoms with van der Waals surface area (Å²) in [6.45, 7) is 5.09. The van der Waals surface area contributed by atoms with Crippen LogP contribution in [-0.4, -0.2) is 25.2 Å². The van der Waals surface area contributed by atoms with Crippen LogP contribution in [-0.2, 0) is 9.47 Å². The van der Waals surface area contributed by atoms with Gasteiger partial charge < -0.3 is 9.47 Å². The number of hydrogen-bond acceptors (Lipinski definition) is 4. The first kappa shape index (κ1) is 34.1. The normalized spacial score (nSPS) is 11.1. The second kappa shape index (κ2) is 21.0. The Labute approximate surface area is 251 Å².